The van der Waals surface area contributed by atoms with Gasteiger partial charge in [0.05, 0.1) is 6.61 Å². The Hall–Kier alpha value is -2.40. The highest BCUT2D eigenvalue weighted by Crippen LogP contribution is 2.16. The van der Waals surface area contributed by atoms with Crippen molar-refractivity contribution in [2.24, 2.45) is 0 Å². The molecule has 126 valence electrons. The predicted octanol–water partition coefficient (Wildman–Crippen LogP) is 4.34. The van der Waals surface area contributed by atoms with Crippen LogP contribution in [0.25, 0.3) is 0 Å². The summed E-state index contributed by atoms with van der Waals surface area (Å²) in [6.07, 6.45) is 0. The van der Waals surface area contributed by atoms with E-state index < -0.39 is 0 Å². The number of nitrogens with one attached hydrogen (secondary N) is 2. The average Bonchev–Trinajstić information content (AvgIpc) is 2.57. The van der Waals surface area contributed by atoms with Crippen molar-refractivity contribution in [2.45, 2.75) is 26.7 Å². The molecule has 0 atom stereocenters. The molecule has 1 amide bonds. The number of rotatable bonds is 5. The molecule has 0 spiro atoms. The minimum atomic E-state index is -0.228. The van der Waals surface area contributed by atoms with Gasteiger partial charge in [0.2, 0.25) is 0 Å². The van der Waals surface area contributed by atoms with Crippen LogP contribution in [0, 0.1) is 0 Å². The van der Waals surface area contributed by atoms with Crippen molar-refractivity contribution < 1.29 is 9.53 Å². The summed E-state index contributed by atoms with van der Waals surface area (Å²) < 4.78 is 5.38. The highest BCUT2D eigenvalue weighted by Gasteiger charge is 2.09. The van der Waals surface area contributed by atoms with Gasteiger partial charge in [-0.15, -0.1) is 0 Å². The Bertz CT molecular complexity index is 694. The molecule has 0 aliphatic heterocycles. The molecule has 2 rings (SSSR count). The summed E-state index contributed by atoms with van der Waals surface area (Å²) in [5.74, 6) is 1.00. The molecule has 0 heterocycles. The van der Waals surface area contributed by atoms with E-state index in [2.05, 4.69) is 24.5 Å². The highest BCUT2D eigenvalue weighted by molar-refractivity contribution is 7.80. The smallest absolute Gasteiger partial charge is 0.257 e. The summed E-state index contributed by atoms with van der Waals surface area (Å²) in [4.78, 5) is 12.2. The van der Waals surface area contributed by atoms with Crippen LogP contribution < -0.4 is 15.4 Å². The molecule has 2 aromatic rings. The van der Waals surface area contributed by atoms with Crippen LogP contribution in [-0.4, -0.2) is 17.6 Å². The second-order valence-electron chi connectivity index (χ2n) is 5.64. The molecule has 0 aliphatic carbocycles. The van der Waals surface area contributed by atoms with Crippen LogP contribution in [0.3, 0.4) is 0 Å². The topological polar surface area (TPSA) is 50.4 Å². The van der Waals surface area contributed by atoms with Crippen LogP contribution in [0.1, 0.15) is 42.6 Å². The van der Waals surface area contributed by atoms with Gasteiger partial charge in [-0.2, -0.15) is 0 Å². The van der Waals surface area contributed by atoms with Gasteiger partial charge >= 0.3 is 0 Å². The number of hydrogen-bond donors (Lipinski definition) is 2. The zero-order valence-electron chi connectivity index (χ0n) is 14.1. The van der Waals surface area contributed by atoms with Crippen LogP contribution in [0.2, 0.25) is 0 Å². The third kappa shape index (κ3) is 5.06. The lowest BCUT2D eigenvalue weighted by atomic mass is 10.0. The van der Waals surface area contributed by atoms with Gasteiger partial charge in [0.15, 0.2) is 5.11 Å². The van der Waals surface area contributed by atoms with Gasteiger partial charge in [0.25, 0.3) is 5.91 Å². The van der Waals surface area contributed by atoms with Crippen LogP contribution in [0.5, 0.6) is 5.75 Å². The Kier molecular flexibility index (Phi) is 6.32. The molecule has 0 aromatic heterocycles. The van der Waals surface area contributed by atoms with E-state index >= 15 is 0 Å². The summed E-state index contributed by atoms with van der Waals surface area (Å²) in [6.45, 7) is 6.79. The van der Waals surface area contributed by atoms with Crippen molar-refractivity contribution in [3.05, 3.63) is 59.7 Å². The molecular formula is C19H22N2O2S. The van der Waals surface area contributed by atoms with Crippen molar-refractivity contribution in [1.82, 2.24) is 5.32 Å². The van der Waals surface area contributed by atoms with Crippen LogP contribution in [0.15, 0.2) is 48.5 Å². The minimum Gasteiger partial charge on any atom is -0.494 e. The Labute approximate surface area is 148 Å². The second kappa shape index (κ2) is 8.45. The van der Waals surface area contributed by atoms with Gasteiger partial charge in [0.1, 0.15) is 5.75 Å². The van der Waals surface area contributed by atoms with Crippen molar-refractivity contribution in [3.63, 3.8) is 0 Å². The lowest BCUT2D eigenvalue weighted by Gasteiger charge is -2.11. The molecule has 0 saturated heterocycles. The molecule has 5 heteroatoms. The predicted molar refractivity (Wildman–Crippen MR) is 102 cm³/mol. The molecular weight excluding hydrogens is 320 g/mol. The maximum Gasteiger partial charge on any atom is 0.257 e. The SMILES string of the molecule is CCOc1ccc(NC(=S)NC(=O)c2ccc(C(C)C)cc2)cc1. The van der Waals surface area contributed by atoms with Crippen molar-refractivity contribution >= 4 is 28.9 Å². The number of amides is 1. The van der Waals surface area contributed by atoms with E-state index in [0.29, 0.717) is 18.1 Å². The zero-order chi connectivity index (χ0) is 17.5. The number of ether oxygens (including phenoxy) is 1. The van der Waals surface area contributed by atoms with E-state index in [1.165, 1.54) is 5.56 Å². The lowest BCUT2D eigenvalue weighted by molar-refractivity contribution is 0.0977. The monoisotopic (exact) mass is 342 g/mol. The number of hydrogen-bond acceptors (Lipinski definition) is 3. The van der Waals surface area contributed by atoms with Crippen LogP contribution in [-0.2, 0) is 0 Å². The Balaban J connectivity index is 1.92. The van der Waals surface area contributed by atoms with Gasteiger partial charge in [-0.3, -0.25) is 10.1 Å². The number of benzene rings is 2. The molecule has 24 heavy (non-hydrogen) atoms. The average molecular weight is 342 g/mol. The number of thiocarbonyl (C=S) groups is 1. The Morgan fingerprint density at radius 3 is 2.25 bits per heavy atom. The van der Waals surface area contributed by atoms with E-state index in [1.807, 2.05) is 55.5 Å². The Morgan fingerprint density at radius 2 is 1.71 bits per heavy atom. The fourth-order valence-electron chi connectivity index (χ4n) is 2.16. The Morgan fingerprint density at radius 1 is 1.08 bits per heavy atom. The fourth-order valence-corrected chi connectivity index (χ4v) is 2.37. The normalized spacial score (nSPS) is 10.3. The quantitative estimate of drug-likeness (QED) is 0.794. The first-order valence-electron chi connectivity index (χ1n) is 7.94. The van der Waals surface area contributed by atoms with Crippen molar-refractivity contribution in [2.75, 3.05) is 11.9 Å². The van der Waals surface area contributed by atoms with Gasteiger partial charge in [-0.05, 0) is 67.0 Å². The molecule has 0 aliphatic rings. The molecule has 0 unspecified atom stereocenters. The van der Waals surface area contributed by atoms with Gasteiger partial charge < -0.3 is 10.1 Å². The summed E-state index contributed by atoms with van der Waals surface area (Å²) in [5.41, 5.74) is 2.57. The highest BCUT2D eigenvalue weighted by atomic mass is 32.1. The van der Waals surface area contributed by atoms with Gasteiger partial charge in [-0.25, -0.2) is 0 Å². The molecule has 0 saturated carbocycles. The first-order chi connectivity index (χ1) is 11.5. The van der Waals surface area contributed by atoms with Crippen LogP contribution >= 0.6 is 12.2 Å². The van der Waals surface area contributed by atoms with E-state index in [0.717, 1.165) is 11.4 Å². The van der Waals surface area contributed by atoms with E-state index in [1.54, 1.807) is 0 Å². The molecule has 4 nitrogen and oxygen atoms in total. The first-order valence-corrected chi connectivity index (χ1v) is 8.35. The maximum atomic E-state index is 12.2. The van der Waals surface area contributed by atoms with Gasteiger partial charge in [0, 0.05) is 11.3 Å². The molecule has 0 radical (unpaired) electrons. The molecule has 2 aromatic carbocycles. The fraction of sp³-hybridized carbons (Fsp3) is 0.263. The number of anilines is 1. The number of carbonyl (C=O) groups is 1. The molecule has 2 N–H and O–H groups in total. The van der Waals surface area contributed by atoms with E-state index in [9.17, 15) is 4.79 Å². The van der Waals surface area contributed by atoms with Crippen molar-refractivity contribution in [1.29, 1.82) is 0 Å². The third-order valence-corrected chi connectivity index (χ3v) is 3.69. The zero-order valence-corrected chi connectivity index (χ0v) is 14.9. The largest absolute Gasteiger partial charge is 0.494 e. The van der Waals surface area contributed by atoms with Gasteiger partial charge in [-0.1, -0.05) is 26.0 Å². The molecule has 0 fully saturated rings. The number of carbonyl (C=O) groups excluding carboxylic acids is 1. The third-order valence-electron chi connectivity index (χ3n) is 3.49. The van der Waals surface area contributed by atoms with Crippen LogP contribution in [0.4, 0.5) is 5.69 Å². The van der Waals surface area contributed by atoms with E-state index in [4.69, 9.17) is 17.0 Å². The molecule has 0 bridgehead atoms. The summed E-state index contributed by atoms with van der Waals surface area (Å²) in [7, 11) is 0. The minimum absolute atomic E-state index is 0.228. The maximum absolute atomic E-state index is 12.2. The second-order valence-corrected chi connectivity index (χ2v) is 6.05. The summed E-state index contributed by atoms with van der Waals surface area (Å²) in [6, 6.07) is 14.9. The summed E-state index contributed by atoms with van der Waals surface area (Å²) in [5, 5.41) is 5.93. The van der Waals surface area contributed by atoms with Crippen molar-refractivity contribution in [3.8, 4) is 5.75 Å². The summed E-state index contributed by atoms with van der Waals surface area (Å²) >= 11 is 5.19. The van der Waals surface area contributed by atoms with E-state index in [-0.39, 0.29) is 11.0 Å². The standard InChI is InChI=1S/C19H22N2O2S/c1-4-23-17-11-9-16(10-12-17)20-19(24)21-18(22)15-7-5-14(6-8-15)13(2)3/h5-13H,4H2,1-3H3,(H2,20,21,22,24). The first kappa shape index (κ1) is 17.9. The lowest BCUT2D eigenvalue weighted by Crippen LogP contribution is -2.34.